The van der Waals surface area contributed by atoms with Crippen molar-refractivity contribution in [3.63, 3.8) is 0 Å². The highest BCUT2D eigenvalue weighted by Gasteiger charge is 2.29. The fourth-order valence-electron chi connectivity index (χ4n) is 4.77. The summed E-state index contributed by atoms with van der Waals surface area (Å²) in [7, 11) is 5.88. The zero-order valence-corrected chi connectivity index (χ0v) is 19.9. The number of amides is 1. The maximum absolute atomic E-state index is 13.3. The second-order valence-corrected chi connectivity index (χ2v) is 9.25. The smallest absolute Gasteiger partial charge is 0.231 e. The summed E-state index contributed by atoms with van der Waals surface area (Å²) >= 11 is 0. The predicted octanol–water partition coefficient (Wildman–Crippen LogP) is 3.42. The van der Waals surface area contributed by atoms with Crippen molar-refractivity contribution in [3.8, 4) is 22.6 Å². The highest BCUT2D eigenvalue weighted by Crippen LogP contribution is 2.36. The van der Waals surface area contributed by atoms with Crippen molar-refractivity contribution in [2.24, 2.45) is 5.92 Å². The lowest BCUT2D eigenvalue weighted by molar-refractivity contribution is -0.121. The van der Waals surface area contributed by atoms with E-state index in [4.69, 9.17) is 9.47 Å². The van der Waals surface area contributed by atoms with Crippen LogP contribution in [0.2, 0.25) is 0 Å². The number of likely N-dealkylation sites (N-methyl/N-ethyl adjacent to an activating group) is 1. The fourth-order valence-corrected chi connectivity index (χ4v) is 4.77. The lowest BCUT2D eigenvalue weighted by Crippen LogP contribution is -2.34. The van der Waals surface area contributed by atoms with Gasteiger partial charge in [0.1, 0.15) is 18.1 Å². The Hall–Kier alpha value is -3.52. The van der Waals surface area contributed by atoms with Crippen LogP contribution in [0.5, 0.6) is 11.5 Å². The maximum atomic E-state index is 13.3. The predicted molar refractivity (Wildman–Crippen MR) is 133 cm³/mol. The average molecular weight is 462 g/mol. The standard InChI is InChI=1S/C26H31N5O3/c1-30(2)21-8-9-31(15-21)24-12-17(20-13-27-28-14-20)4-6-23(24)29-26(32)19-10-18-11-22(33-3)5-7-25(18)34-16-19/h4-7,11-14,19,21H,8-10,15-16H2,1-3H3,(H,27,28)(H,29,32)/t19-,21-/m1/s1. The number of aromatic amines is 1. The zero-order chi connectivity index (χ0) is 23.7. The van der Waals surface area contributed by atoms with E-state index in [0.717, 1.165) is 59.1 Å². The number of benzene rings is 2. The van der Waals surface area contributed by atoms with E-state index in [1.807, 2.05) is 42.7 Å². The van der Waals surface area contributed by atoms with E-state index in [2.05, 4.69) is 45.5 Å². The fraction of sp³-hybridized carbons (Fsp3) is 0.385. The monoisotopic (exact) mass is 461 g/mol. The number of methoxy groups -OCH3 is 1. The number of nitrogens with one attached hydrogen (secondary N) is 2. The molecule has 34 heavy (non-hydrogen) atoms. The molecule has 0 unspecified atom stereocenters. The zero-order valence-electron chi connectivity index (χ0n) is 19.9. The molecule has 2 atom stereocenters. The normalized spacial score (nSPS) is 19.6. The molecule has 8 heteroatoms. The first kappa shape index (κ1) is 22.3. The van der Waals surface area contributed by atoms with Crippen LogP contribution in [0.15, 0.2) is 48.8 Å². The Morgan fingerprint density at radius 3 is 2.85 bits per heavy atom. The minimum Gasteiger partial charge on any atom is -0.497 e. The van der Waals surface area contributed by atoms with Gasteiger partial charge < -0.3 is 24.6 Å². The Labute approximate surface area is 199 Å². The molecular weight excluding hydrogens is 430 g/mol. The van der Waals surface area contributed by atoms with Gasteiger partial charge in [-0.3, -0.25) is 9.89 Å². The summed E-state index contributed by atoms with van der Waals surface area (Å²) in [4.78, 5) is 18.0. The summed E-state index contributed by atoms with van der Waals surface area (Å²) in [6, 6.07) is 12.4. The lowest BCUT2D eigenvalue weighted by Gasteiger charge is -2.27. The molecule has 1 fully saturated rings. The summed E-state index contributed by atoms with van der Waals surface area (Å²) in [5.74, 6) is 1.29. The van der Waals surface area contributed by atoms with E-state index in [1.165, 1.54) is 0 Å². The van der Waals surface area contributed by atoms with Crippen molar-refractivity contribution < 1.29 is 14.3 Å². The molecule has 0 bridgehead atoms. The summed E-state index contributed by atoms with van der Waals surface area (Å²) < 4.78 is 11.2. The van der Waals surface area contributed by atoms with Crippen molar-refractivity contribution in [1.82, 2.24) is 15.1 Å². The summed E-state index contributed by atoms with van der Waals surface area (Å²) in [5.41, 5.74) is 4.95. The lowest BCUT2D eigenvalue weighted by atomic mass is 9.95. The SMILES string of the molecule is COc1ccc2c(c1)C[C@@H](C(=O)Nc1ccc(-c3cn[nH]c3)cc1N1CC[C@@H](N(C)C)C1)CO2. The van der Waals surface area contributed by atoms with Crippen molar-refractivity contribution in [2.45, 2.75) is 18.9 Å². The number of fused-ring (bicyclic) bond motifs is 1. The number of hydrogen-bond acceptors (Lipinski definition) is 6. The van der Waals surface area contributed by atoms with Gasteiger partial charge in [0.15, 0.2) is 0 Å². The van der Waals surface area contributed by atoms with Gasteiger partial charge in [0.25, 0.3) is 0 Å². The van der Waals surface area contributed by atoms with E-state index in [9.17, 15) is 4.79 Å². The molecule has 2 aliphatic heterocycles. The second kappa shape index (κ2) is 9.38. The molecule has 1 amide bonds. The maximum Gasteiger partial charge on any atom is 0.231 e. The van der Waals surface area contributed by atoms with Crippen LogP contribution in [-0.4, -0.2) is 67.9 Å². The molecule has 0 aliphatic carbocycles. The van der Waals surface area contributed by atoms with Gasteiger partial charge in [0, 0.05) is 30.9 Å². The molecule has 3 aromatic rings. The highest BCUT2D eigenvalue weighted by molar-refractivity contribution is 5.97. The third kappa shape index (κ3) is 4.46. The Bertz CT molecular complexity index is 1160. The summed E-state index contributed by atoms with van der Waals surface area (Å²) in [6.07, 6.45) is 5.41. The van der Waals surface area contributed by atoms with Crippen molar-refractivity contribution >= 4 is 17.3 Å². The summed E-state index contributed by atoms with van der Waals surface area (Å²) in [5, 5.41) is 10.2. The van der Waals surface area contributed by atoms with Gasteiger partial charge in [0.05, 0.1) is 30.6 Å². The average Bonchev–Trinajstić information content (AvgIpc) is 3.56. The van der Waals surface area contributed by atoms with Gasteiger partial charge in [-0.05, 0) is 68.4 Å². The third-order valence-corrected chi connectivity index (χ3v) is 6.87. The van der Waals surface area contributed by atoms with Crippen LogP contribution in [0.3, 0.4) is 0 Å². The van der Waals surface area contributed by atoms with Crippen molar-refractivity contribution in [3.05, 3.63) is 54.4 Å². The van der Waals surface area contributed by atoms with E-state index >= 15 is 0 Å². The Balaban J connectivity index is 1.39. The highest BCUT2D eigenvalue weighted by atomic mass is 16.5. The van der Waals surface area contributed by atoms with Gasteiger partial charge in [-0.15, -0.1) is 0 Å². The van der Waals surface area contributed by atoms with Crippen LogP contribution in [0, 0.1) is 5.92 Å². The Kier molecular flexibility index (Phi) is 6.15. The van der Waals surface area contributed by atoms with Crippen LogP contribution in [0.1, 0.15) is 12.0 Å². The Morgan fingerprint density at radius 2 is 2.12 bits per heavy atom. The number of carbonyl (C=O) groups is 1. The minimum absolute atomic E-state index is 0.0332. The molecule has 1 saturated heterocycles. The van der Waals surface area contributed by atoms with Crippen LogP contribution >= 0.6 is 0 Å². The number of aromatic nitrogens is 2. The quantitative estimate of drug-likeness (QED) is 0.585. The van der Waals surface area contributed by atoms with Crippen LogP contribution < -0.4 is 19.7 Å². The Morgan fingerprint density at radius 1 is 1.24 bits per heavy atom. The van der Waals surface area contributed by atoms with E-state index in [1.54, 1.807) is 7.11 Å². The van der Waals surface area contributed by atoms with Gasteiger partial charge in [-0.2, -0.15) is 5.10 Å². The molecule has 0 saturated carbocycles. The first-order chi connectivity index (χ1) is 16.5. The largest absolute Gasteiger partial charge is 0.497 e. The molecule has 5 rings (SSSR count). The molecule has 0 radical (unpaired) electrons. The van der Waals surface area contributed by atoms with Gasteiger partial charge in [-0.25, -0.2) is 0 Å². The van der Waals surface area contributed by atoms with Crippen LogP contribution in [0.25, 0.3) is 11.1 Å². The molecule has 2 aliphatic rings. The number of anilines is 2. The topological polar surface area (TPSA) is 82.7 Å². The molecule has 8 nitrogen and oxygen atoms in total. The van der Waals surface area contributed by atoms with Gasteiger partial charge in [0.2, 0.25) is 5.91 Å². The molecule has 0 spiro atoms. The second-order valence-electron chi connectivity index (χ2n) is 9.25. The first-order valence-corrected chi connectivity index (χ1v) is 11.7. The van der Waals surface area contributed by atoms with E-state index in [-0.39, 0.29) is 11.8 Å². The van der Waals surface area contributed by atoms with E-state index in [0.29, 0.717) is 19.1 Å². The summed E-state index contributed by atoms with van der Waals surface area (Å²) in [6.45, 7) is 2.23. The van der Waals surface area contributed by atoms with E-state index < -0.39 is 0 Å². The molecule has 3 heterocycles. The molecule has 178 valence electrons. The number of hydrogen-bond donors (Lipinski definition) is 2. The molecular formula is C26H31N5O3. The number of carbonyl (C=O) groups excluding carboxylic acids is 1. The van der Waals surface area contributed by atoms with Gasteiger partial charge in [-0.1, -0.05) is 6.07 Å². The molecule has 2 aromatic carbocycles. The van der Waals surface area contributed by atoms with Crippen LogP contribution in [-0.2, 0) is 11.2 Å². The molecule has 1 aromatic heterocycles. The minimum atomic E-state index is -0.269. The van der Waals surface area contributed by atoms with Crippen molar-refractivity contribution in [2.75, 3.05) is 51.1 Å². The molecule has 2 N–H and O–H groups in total. The number of H-pyrrole nitrogens is 1. The van der Waals surface area contributed by atoms with Crippen LogP contribution in [0.4, 0.5) is 11.4 Å². The van der Waals surface area contributed by atoms with Crippen molar-refractivity contribution in [1.29, 1.82) is 0 Å². The van der Waals surface area contributed by atoms with Gasteiger partial charge >= 0.3 is 0 Å². The number of nitrogens with zero attached hydrogens (tertiary/aromatic N) is 3. The number of rotatable bonds is 6. The third-order valence-electron chi connectivity index (χ3n) is 6.87. The number of ether oxygens (including phenoxy) is 2. The first-order valence-electron chi connectivity index (χ1n) is 11.7.